The third kappa shape index (κ3) is 5.14. The van der Waals surface area contributed by atoms with Crippen molar-refractivity contribution < 1.29 is 19.1 Å². The SMILES string of the molecule is CCOc1ccc2nc(SCC(=O)N[C@H](C(=O)OC)[C@@H](C)CC)[nH]c2c1. The van der Waals surface area contributed by atoms with Crippen molar-refractivity contribution in [2.75, 3.05) is 19.5 Å². The molecule has 7 nitrogen and oxygen atoms in total. The topological polar surface area (TPSA) is 93.3 Å². The number of hydrogen-bond donors (Lipinski definition) is 2. The van der Waals surface area contributed by atoms with Gasteiger partial charge in [-0.25, -0.2) is 9.78 Å². The van der Waals surface area contributed by atoms with Gasteiger partial charge in [0.1, 0.15) is 11.8 Å². The van der Waals surface area contributed by atoms with Crippen LogP contribution in [0.3, 0.4) is 0 Å². The summed E-state index contributed by atoms with van der Waals surface area (Å²) in [6, 6.07) is 4.98. The Labute approximate surface area is 157 Å². The molecule has 0 bridgehead atoms. The second-order valence-corrected chi connectivity index (χ2v) is 6.86. The van der Waals surface area contributed by atoms with Crippen LogP contribution < -0.4 is 10.1 Å². The number of amides is 1. The zero-order valence-electron chi connectivity index (χ0n) is 15.5. The van der Waals surface area contributed by atoms with Crippen LogP contribution >= 0.6 is 11.8 Å². The lowest BCUT2D eigenvalue weighted by atomic mass is 9.99. The number of carbonyl (C=O) groups excluding carboxylic acids is 2. The van der Waals surface area contributed by atoms with Crippen LogP contribution in [0.2, 0.25) is 0 Å². The van der Waals surface area contributed by atoms with Crippen LogP contribution in [0.5, 0.6) is 5.75 Å². The molecule has 0 aliphatic rings. The first-order valence-electron chi connectivity index (χ1n) is 8.61. The Hall–Kier alpha value is -2.22. The van der Waals surface area contributed by atoms with Crippen molar-refractivity contribution in [2.45, 2.75) is 38.4 Å². The van der Waals surface area contributed by atoms with E-state index in [0.717, 1.165) is 23.2 Å². The van der Waals surface area contributed by atoms with E-state index in [1.807, 2.05) is 39.0 Å². The van der Waals surface area contributed by atoms with Crippen LogP contribution in [0.25, 0.3) is 11.0 Å². The largest absolute Gasteiger partial charge is 0.494 e. The lowest BCUT2D eigenvalue weighted by molar-refractivity contribution is -0.146. The van der Waals surface area contributed by atoms with Gasteiger partial charge in [0.05, 0.1) is 30.5 Å². The van der Waals surface area contributed by atoms with Gasteiger partial charge in [-0.1, -0.05) is 32.0 Å². The number of ether oxygens (including phenoxy) is 2. The summed E-state index contributed by atoms with van der Waals surface area (Å²) < 4.78 is 10.2. The molecule has 1 heterocycles. The normalized spacial score (nSPS) is 13.2. The highest BCUT2D eigenvalue weighted by Crippen LogP contribution is 2.23. The number of rotatable bonds is 9. The Balaban J connectivity index is 1.97. The van der Waals surface area contributed by atoms with E-state index in [4.69, 9.17) is 9.47 Å². The fraction of sp³-hybridized carbons (Fsp3) is 0.500. The van der Waals surface area contributed by atoms with Gasteiger partial charge >= 0.3 is 5.97 Å². The first-order valence-corrected chi connectivity index (χ1v) is 9.59. The Morgan fingerprint density at radius 1 is 1.35 bits per heavy atom. The number of benzene rings is 1. The molecule has 2 aromatic rings. The average molecular weight is 379 g/mol. The fourth-order valence-electron chi connectivity index (χ4n) is 2.44. The van der Waals surface area contributed by atoms with Gasteiger partial charge in [0.15, 0.2) is 5.16 Å². The number of thioether (sulfide) groups is 1. The van der Waals surface area contributed by atoms with Gasteiger partial charge in [0, 0.05) is 6.07 Å². The lowest BCUT2D eigenvalue weighted by Crippen LogP contribution is -2.46. The van der Waals surface area contributed by atoms with Gasteiger partial charge in [-0.2, -0.15) is 0 Å². The quantitative estimate of drug-likeness (QED) is 0.514. The zero-order chi connectivity index (χ0) is 19.1. The van der Waals surface area contributed by atoms with E-state index in [2.05, 4.69) is 15.3 Å². The molecule has 2 rings (SSSR count). The number of hydrogen-bond acceptors (Lipinski definition) is 6. The van der Waals surface area contributed by atoms with E-state index in [1.165, 1.54) is 18.9 Å². The number of carbonyl (C=O) groups is 2. The van der Waals surface area contributed by atoms with E-state index in [-0.39, 0.29) is 17.6 Å². The van der Waals surface area contributed by atoms with Crippen molar-refractivity contribution in [1.29, 1.82) is 0 Å². The van der Waals surface area contributed by atoms with Crippen LogP contribution in [0.15, 0.2) is 23.4 Å². The van der Waals surface area contributed by atoms with Gasteiger partial charge in [0.25, 0.3) is 0 Å². The van der Waals surface area contributed by atoms with Crippen molar-refractivity contribution in [3.05, 3.63) is 18.2 Å². The predicted molar refractivity (Wildman–Crippen MR) is 101 cm³/mol. The molecule has 0 saturated carbocycles. The summed E-state index contributed by atoms with van der Waals surface area (Å²) in [7, 11) is 1.32. The monoisotopic (exact) mass is 379 g/mol. The molecule has 0 fully saturated rings. The highest BCUT2D eigenvalue weighted by molar-refractivity contribution is 7.99. The molecule has 8 heteroatoms. The molecule has 26 heavy (non-hydrogen) atoms. The number of methoxy groups -OCH3 is 1. The van der Waals surface area contributed by atoms with Crippen LogP contribution in [-0.4, -0.2) is 47.4 Å². The van der Waals surface area contributed by atoms with Crippen molar-refractivity contribution >= 4 is 34.7 Å². The van der Waals surface area contributed by atoms with Gasteiger partial charge in [-0.05, 0) is 25.0 Å². The third-order valence-corrected chi connectivity index (χ3v) is 4.94. The minimum absolute atomic E-state index is 0.000382. The number of esters is 1. The van der Waals surface area contributed by atoms with Crippen LogP contribution in [0.4, 0.5) is 0 Å². The highest BCUT2D eigenvalue weighted by Gasteiger charge is 2.26. The maximum absolute atomic E-state index is 12.2. The van der Waals surface area contributed by atoms with Gasteiger partial charge in [0.2, 0.25) is 5.91 Å². The molecule has 2 N–H and O–H groups in total. The number of aromatic nitrogens is 2. The highest BCUT2D eigenvalue weighted by atomic mass is 32.2. The number of nitrogens with zero attached hydrogens (tertiary/aromatic N) is 1. The van der Waals surface area contributed by atoms with E-state index in [0.29, 0.717) is 11.8 Å². The first kappa shape index (κ1) is 20.1. The molecule has 1 aromatic carbocycles. The first-order chi connectivity index (χ1) is 12.5. The minimum Gasteiger partial charge on any atom is -0.494 e. The molecule has 2 atom stereocenters. The summed E-state index contributed by atoms with van der Waals surface area (Å²) in [4.78, 5) is 31.7. The van der Waals surface area contributed by atoms with E-state index in [9.17, 15) is 9.59 Å². The van der Waals surface area contributed by atoms with Crippen LogP contribution in [-0.2, 0) is 14.3 Å². The van der Waals surface area contributed by atoms with Gasteiger partial charge < -0.3 is 19.8 Å². The minimum atomic E-state index is -0.637. The van der Waals surface area contributed by atoms with Crippen molar-refractivity contribution in [1.82, 2.24) is 15.3 Å². The van der Waals surface area contributed by atoms with Gasteiger partial charge in [-0.15, -0.1) is 0 Å². The van der Waals surface area contributed by atoms with Crippen molar-refractivity contribution in [2.24, 2.45) is 5.92 Å². The maximum atomic E-state index is 12.2. The Bertz CT molecular complexity index is 762. The molecule has 0 aliphatic carbocycles. The Kier molecular flexibility index (Phi) is 7.32. The van der Waals surface area contributed by atoms with Crippen LogP contribution in [0, 0.1) is 5.92 Å². The number of H-pyrrole nitrogens is 1. The van der Waals surface area contributed by atoms with Crippen molar-refractivity contribution in [3.8, 4) is 5.75 Å². The Morgan fingerprint density at radius 3 is 2.77 bits per heavy atom. The molecule has 1 aromatic heterocycles. The molecule has 142 valence electrons. The molecule has 0 spiro atoms. The molecule has 0 radical (unpaired) electrons. The van der Waals surface area contributed by atoms with Crippen molar-refractivity contribution in [3.63, 3.8) is 0 Å². The summed E-state index contributed by atoms with van der Waals surface area (Å²) >= 11 is 1.28. The number of fused-ring (bicyclic) bond motifs is 1. The molecule has 1 amide bonds. The molecule has 0 aliphatic heterocycles. The van der Waals surface area contributed by atoms with E-state index < -0.39 is 12.0 Å². The molecular weight excluding hydrogens is 354 g/mol. The third-order valence-electron chi connectivity index (χ3n) is 4.07. The summed E-state index contributed by atoms with van der Waals surface area (Å²) in [6.45, 7) is 6.40. The summed E-state index contributed by atoms with van der Waals surface area (Å²) in [5.41, 5.74) is 1.66. The number of imidazole rings is 1. The summed E-state index contributed by atoms with van der Waals surface area (Å²) in [5, 5.41) is 3.39. The molecule has 0 saturated heterocycles. The second kappa shape index (κ2) is 9.47. The van der Waals surface area contributed by atoms with Gasteiger partial charge in [-0.3, -0.25) is 4.79 Å². The second-order valence-electron chi connectivity index (χ2n) is 5.90. The lowest BCUT2D eigenvalue weighted by Gasteiger charge is -2.21. The number of aromatic amines is 1. The molecule has 0 unspecified atom stereocenters. The number of nitrogens with one attached hydrogen (secondary N) is 2. The van der Waals surface area contributed by atoms with E-state index in [1.54, 1.807) is 0 Å². The molecular formula is C18H25N3O4S. The fourth-order valence-corrected chi connectivity index (χ4v) is 3.13. The Morgan fingerprint density at radius 2 is 2.12 bits per heavy atom. The maximum Gasteiger partial charge on any atom is 0.328 e. The van der Waals surface area contributed by atoms with Crippen LogP contribution in [0.1, 0.15) is 27.2 Å². The zero-order valence-corrected chi connectivity index (χ0v) is 16.3. The summed E-state index contributed by atoms with van der Waals surface area (Å²) in [6.07, 6.45) is 0.763. The average Bonchev–Trinajstić information content (AvgIpc) is 3.05. The predicted octanol–water partition coefficient (Wildman–Crippen LogP) is 2.76. The van der Waals surface area contributed by atoms with E-state index >= 15 is 0 Å². The standard InChI is InChI=1S/C18H25N3O4S/c1-5-11(3)16(17(23)24-4)21-15(22)10-26-18-19-13-8-7-12(25-6-2)9-14(13)20-18/h7-9,11,16H,5-6,10H2,1-4H3,(H,19,20)(H,21,22)/t11-,16-/m0/s1. The summed E-state index contributed by atoms with van der Waals surface area (Å²) in [5.74, 6) is 0.264. The smallest absolute Gasteiger partial charge is 0.328 e.